The van der Waals surface area contributed by atoms with E-state index in [0.717, 1.165) is 52.2 Å². The van der Waals surface area contributed by atoms with E-state index in [2.05, 4.69) is 46.4 Å². The second kappa shape index (κ2) is 10.9. The maximum atomic E-state index is 15.0. The maximum absolute atomic E-state index is 15.0. The Bertz CT molecular complexity index is 1430. The number of pyridine rings is 3. The molecule has 4 rings (SSSR count). The lowest BCUT2D eigenvalue weighted by Crippen LogP contribution is -2.20. The molecule has 7 heteroatoms. The molecule has 0 aliphatic carbocycles. The number of aryl methyl sites for hydroxylation is 1. The van der Waals surface area contributed by atoms with Gasteiger partial charge in [0.15, 0.2) is 0 Å². The second-order valence-electron chi connectivity index (χ2n) is 9.81. The molecule has 2 N–H and O–H groups in total. The molecule has 4 aromatic rings. The van der Waals surface area contributed by atoms with Crippen LogP contribution in [-0.4, -0.2) is 27.9 Å². The number of rotatable bonds is 8. The molecule has 37 heavy (non-hydrogen) atoms. The van der Waals surface area contributed by atoms with E-state index in [-0.39, 0.29) is 17.0 Å². The van der Waals surface area contributed by atoms with Gasteiger partial charge in [0.2, 0.25) is 0 Å². The topological polar surface area (TPSA) is 79.8 Å². The number of nitrogens with one attached hydrogen (secondary N) is 2. The molecule has 6 nitrogen and oxygen atoms in total. The van der Waals surface area contributed by atoms with Crippen molar-refractivity contribution < 1.29 is 9.18 Å². The summed E-state index contributed by atoms with van der Waals surface area (Å²) in [6, 6.07) is 12.4. The third-order valence-corrected chi connectivity index (χ3v) is 6.55. The molecule has 190 valence electrons. The molecule has 3 aromatic heterocycles. The van der Waals surface area contributed by atoms with Crippen molar-refractivity contribution in [1.82, 2.24) is 15.0 Å². The predicted octanol–water partition coefficient (Wildman–Crippen LogP) is 7.02. The van der Waals surface area contributed by atoms with E-state index >= 15 is 0 Å². The second-order valence-corrected chi connectivity index (χ2v) is 9.81. The molecule has 0 spiro atoms. The molecular formula is C30H32FN5O. The number of hydrogen-bond donors (Lipinski definition) is 2. The summed E-state index contributed by atoms with van der Waals surface area (Å²) in [4.78, 5) is 26.3. The van der Waals surface area contributed by atoms with Crippen LogP contribution in [0.2, 0.25) is 0 Å². The average molecular weight is 498 g/mol. The quantitative estimate of drug-likeness (QED) is 0.273. The highest BCUT2D eigenvalue weighted by atomic mass is 19.1. The first-order chi connectivity index (χ1) is 17.7. The Kier molecular flexibility index (Phi) is 7.62. The third-order valence-electron chi connectivity index (χ3n) is 6.55. The van der Waals surface area contributed by atoms with E-state index in [9.17, 15) is 9.18 Å². The summed E-state index contributed by atoms with van der Waals surface area (Å²) in [6.07, 6.45) is 8.84. The average Bonchev–Trinajstić information content (AvgIpc) is 2.90. The van der Waals surface area contributed by atoms with Crippen LogP contribution in [0.1, 0.15) is 55.2 Å². The lowest BCUT2D eigenvalue weighted by atomic mass is 9.83. The first-order valence-corrected chi connectivity index (χ1v) is 12.4. The summed E-state index contributed by atoms with van der Waals surface area (Å²) < 4.78 is 15.0. The van der Waals surface area contributed by atoms with Gasteiger partial charge in [-0.3, -0.25) is 14.8 Å². The molecule has 0 radical (unpaired) electrons. The highest BCUT2D eigenvalue weighted by molar-refractivity contribution is 6.04. The minimum Gasteiger partial charge on any atom is -0.373 e. The summed E-state index contributed by atoms with van der Waals surface area (Å²) in [7, 11) is 1.82. The molecule has 0 atom stereocenters. The van der Waals surface area contributed by atoms with Gasteiger partial charge in [0, 0.05) is 59.6 Å². The van der Waals surface area contributed by atoms with Crippen molar-refractivity contribution >= 4 is 17.4 Å². The smallest absolute Gasteiger partial charge is 0.255 e. The highest BCUT2D eigenvalue weighted by Crippen LogP contribution is 2.32. The van der Waals surface area contributed by atoms with Gasteiger partial charge in [-0.1, -0.05) is 27.2 Å². The number of hydrogen-bond acceptors (Lipinski definition) is 5. The predicted molar refractivity (Wildman–Crippen MR) is 147 cm³/mol. The minimum absolute atomic E-state index is 0.114. The number of benzene rings is 1. The Morgan fingerprint density at radius 3 is 2.49 bits per heavy atom. The van der Waals surface area contributed by atoms with Crippen LogP contribution >= 0.6 is 0 Å². The Balaban J connectivity index is 1.65. The van der Waals surface area contributed by atoms with Crippen LogP contribution < -0.4 is 10.6 Å². The molecule has 0 bridgehead atoms. The summed E-state index contributed by atoms with van der Waals surface area (Å²) in [6.45, 7) is 8.19. The molecule has 0 aliphatic rings. The van der Waals surface area contributed by atoms with Crippen LogP contribution in [0.5, 0.6) is 0 Å². The van der Waals surface area contributed by atoms with Gasteiger partial charge in [-0.25, -0.2) is 9.37 Å². The molecule has 1 amide bonds. The zero-order chi connectivity index (χ0) is 26.6. The highest BCUT2D eigenvalue weighted by Gasteiger charge is 2.22. The molecule has 0 saturated carbocycles. The van der Waals surface area contributed by atoms with Gasteiger partial charge in [0.05, 0.1) is 5.69 Å². The number of carbonyl (C=O) groups excluding carboxylic acids is 1. The summed E-state index contributed by atoms with van der Waals surface area (Å²) in [5.74, 6) is -0.122. The molecule has 1 aromatic carbocycles. The van der Waals surface area contributed by atoms with Gasteiger partial charge in [0.1, 0.15) is 11.6 Å². The largest absolute Gasteiger partial charge is 0.373 e. The van der Waals surface area contributed by atoms with E-state index in [1.807, 2.05) is 32.2 Å². The first kappa shape index (κ1) is 25.9. The van der Waals surface area contributed by atoms with Gasteiger partial charge in [-0.2, -0.15) is 0 Å². The van der Waals surface area contributed by atoms with Crippen LogP contribution in [0.15, 0.2) is 67.3 Å². The Morgan fingerprint density at radius 2 is 1.73 bits per heavy atom. The molecule has 0 aliphatic heterocycles. The van der Waals surface area contributed by atoms with Crippen LogP contribution in [0.25, 0.3) is 22.3 Å². The Hall–Kier alpha value is -4.13. The van der Waals surface area contributed by atoms with Gasteiger partial charge in [-0.05, 0) is 72.5 Å². The normalized spacial score (nSPS) is 11.3. The van der Waals surface area contributed by atoms with Gasteiger partial charge < -0.3 is 10.6 Å². The van der Waals surface area contributed by atoms with E-state index in [1.54, 1.807) is 43.0 Å². The van der Waals surface area contributed by atoms with Crippen LogP contribution in [0, 0.1) is 12.7 Å². The van der Waals surface area contributed by atoms with Crippen LogP contribution in [-0.2, 0) is 5.41 Å². The molecule has 0 fully saturated rings. The number of halogens is 1. The summed E-state index contributed by atoms with van der Waals surface area (Å²) in [5, 5.41) is 5.80. The fourth-order valence-corrected chi connectivity index (χ4v) is 4.46. The summed E-state index contributed by atoms with van der Waals surface area (Å²) >= 11 is 0. The van der Waals surface area contributed by atoms with Crippen molar-refractivity contribution in [3.8, 4) is 22.3 Å². The number of anilines is 2. The minimum atomic E-state index is -0.493. The fourth-order valence-electron chi connectivity index (χ4n) is 4.46. The standard InChI is InChI=1S/C30H32FN5O/c1-6-9-30(3,4)27-14-21(8-10-34-27)29(37)36-26-16-24(19(2)12-25(26)31)23-13-22(17-33-18-23)20-7-11-35-28(15-20)32-5/h7-8,10-18H,6,9H2,1-5H3,(H,32,35)(H,36,37). The molecule has 3 heterocycles. The van der Waals surface area contributed by atoms with Gasteiger partial charge in [-0.15, -0.1) is 0 Å². The Morgan fingerprint density at radius 1 is 0.973 bits per heavy atom. The first-order valence-electron chi connectivity index (χ1n) is 12.4. The molecule has 0 saturated heterocycles. The van der Waals surface area contributed by atoms with Crippen molar-refractivity contribution in [3.63, 3.8) is 0 Å². The van der Waals surface area contributed by atoms with E-state index in [1.165, 1.54) is 6.07 Å². The lowest BCUT2D eigenvalue weighted by Gasteiger charge is -2.23. The van der Waals surface area contributed by atoms with Crippen molar-refractivity contribution in [1.29, 1.82) is 0 Å². The van der Waals surface area contributed by atoms with Gasteiger partial charge in [0.25, 0.3) is 5.91 Å². The fraction of sp³-hybridized carbons (Fsp3) is 0.267. The molecule has 0 unspecified atom stereocenters. The van der Waals surface area contributed by atoms with Crippen LogP contribution in [0.3, 0.4) is 0 Å². The van der Waals surface area contributed by atoms with Crippen molar-refractivity contribution in [2.45, 2.75) is 46.0 Å². The maximum Gasteiger partial charge on any atom is 0.255 e. The monoisotopic (exact) mass is 497 g/mol. The van der Waals surface area contributed by atoms with E-state index < -0.39 is 5.82 Å². The van der Waals surface area contributed by atoms with Gasteiger partial charge >= 0.3 is 0 Å². The number of amides is 1. The van der Waals surface area contributed by atoms with Crippen molar-refractivity contribution in [2.24, 2.45) is 0 Å². The third kappa shape index (κ3) is 5.82. The SMILES string of the molecule is CCCC(C)(C)c1cc(C(=O)Nc2cc(-c3cncc(-c4ccnc(NC)c4)c3)c(C)cc2F)ccn1. The van der Waals surface area contributed by atoms with E-state index in [4.69, 9.17) is 0 Å². The number of aromatic nitrogens is 3. The lowest BCUT2D eigenvalue weighted by molar-refractivity contribution is 0.102. The van der Waals surface area contributed by atoms with E-state index in [0.29, 0.717) is 5.56 Å². The van der Waals surface area contributed by atoms with Crippen molar-refractivity contribution in [3.05, 3.63) is 89.9 Å². The van der Waals surface area contributed by atoms with Crippen molar-refractivity contribution in [2.75, 3.05) is 17.7 Å². The summed E-state index contributed by atoms with van der Waals surface area (Å²) in [5.41, 5.74) is 5.45. The number of nitrogens with zero attached hydrogens (tertiary/aromatic N) is 3. The number of carbonyl (C=O) groups is 1. The molecular weight excluding hydrogens is 465 g/mol. The van der Waals surface area contributed by atoms with Crippen LogP contribution in [0.4, 0.5) is 15.9 Å². The Labute approximate surface area is 217 Å². The zero-order valence-electron chi connectivity index (χ0n) is 21.9. The zero-order valence-corrected chi connectivity index (χ0v) is 21.9.